The standard InChI is InChI=1S/C15H18F3N3/c1-9-3-5-12(7-10(9)2)20-14-11(8-19)4-6-13(21-14)15(16,17)18/h4,6,9-10,12H,3,5,7H2,1-2H3,(H,20,21). The number of nitriles is 1. The van der Waals surface area contributed by atoms with E-state index in [1.165, 1.54) is 6.07 Å². The topological polar surface area (TPSA) is 48.7 Å². The molecule has 21 heavy (non-hydrogen) atoms. The number of nitrogens with zero attached hydrogens (tertiary/aromatic N) is 2. The molecule has 0 amide bonds. The quantitative estimate of drug-likeness (QED) is 0.889. The van der Waals surface area contributed by atoms with Crippen LogP contribution in [0.15, 0.2) is 12.1 Å². The molecule has 2 rings (SSSR count). The number of alkyl halides is 3. The summed E-state index contributed by atoms with van der Waals surface area (Å²) in [6.45, 7) is 4.33. The SMILES string of the molecule is CC1CCC(Nc2nc(C(F)(F)F)ccc2C#N)CC1C. The van der Waals surface area contributed by atoms with E-state index in [9.17, 15) is 13.2 Å². The molecule has 3 nitrogen and oxygen atoms in total. The van der Waals surface area contributed by atoms with Gasteiger partial charge in [0.2, 0.25) is 0 Å². The molecule has 0 bridgehead atoms. The van der Waals surface area contributed by atoms with Gasteiger partial charge in [-0.2, -0.15) is 18.4 Å². The summed E-state index contributed by atoms with van der Waals surface area (Å²) in [6.07, 6.45) is -1.71. The van der Waals surface area contributed by atoms with Gasteiger partial charge in [0.15, 0.2) is 0 Å². The Hall–Kier alpha value is -1.77. The fourth-order valence-corrected chi connectivity index (χ4v) is 2.69. The molecule has 0 aliphatic heterocycles. The molecule has 1 aliphatic carbocycles. The molecule has 0 saturated heterocycles. The van der Waals surface area contributed by atoms with Crippen LogP contribution >= 0.6 is 0 Å². The summed E-state index contributed by atoms with van der Waals surface area (Å²) in [7, 11) is 0. The van der Waals surface area contributed by atoms with Crippen molar-refractivity contribution in [3.63, 3.8) is 0 Å². The molecule has 3 atom stereocenters. The molecular weight excluding hydrogens is 279 g/mol. The second-order valence-electron chi connectivity index (χ2n) is 5.81. The smallest absolute Gasteiger partial charge is 0.366 e. The van der Waals surface area contributed by atoms with E-state index in [0.717, 1.165) is 25.3 Å². The summed E-state index contributed by atoms with van der Waals surface area (Å²) in [6, 6.07) is 3.98. The predicted molar refractivity (Wildman–Crippen MR) is 73.5 cm³/mol. The molecule has 0 radical (unpaired) electrons. The summed E-state index contributed by atoms with van der Waals surface area (Å²) < 4.78 is 38.2. The van der Waals surface area contributed by atoms with Gasteiger partial charge in [0.25, 0.3) is 0 Å². The first-order valence-electron chi connectivity index (χ1n) is 7.06. The van der Waals surface area contributed by atoms with E-state index in [0.29, 0.717) is 11.8 Å². The van der Waals surface area contributed by atoms with Gasteiger partial charge in [-0.15, -0.1) is 0 Å². The van der Waals surface area contributed by atoms with E-state index >= 15 is 0 Å². The number of rotatable bonds is 2. The van der Waals surface area contributed by atoms with Crippen molar-refractivity contribution in [1.29, 1.82) is 5.26 Å². The van der Waals surface area contributed by atoms with E-state index in [2.05, 4.69) is 24.1 Å². The van der Waals surface area contributed by atoms with Crippen molar-refractivity contribution in [3.05, 3.63) is 23.4 Å². The molecule has 114 valence electrons. The Morgan fingerprint density at radius 2 is 1.95 bits per heavy atom. The monoisotopic (exact) mass is 297 g/mol. The van der Waals surface area contributed by atoms with E-state index < -0.39 is 11.9 Å². The fourth-order valence-electron chi connectivity index (χ4n) is 2.69. The van der Waals surface area contributed by atoms with Gasteiger partial charge in [0.1, 0.15) is 17.6 Å². The molecule has 0 spiro atoms. The molecule has 1 saturated carbocycles. The van der Waals surface area contributed by atoms with Crippen LogP contribution in [0.25, 0.3) is 0 Å². The van der Waals surface area contributed by atoms with E-state index in [1.807, 2.05) is 6.07 Å². The summed E-state index contributed by atoms with van der Waals surface area (Å²) in [4.78, 5) is 3.59. The predicted octanol–water partition coefficient (Wildman–Crippen LogP) is 4.21. The Labute approximate surface area is 122 Å². The van der Waals surface area contributed by atoms with Crippen LogP contribution in [0, 0.1) is 23.2 Å². The van der Waals surface area contributed by atoms with Gasteiger partial charge in [-0.05, 0) is 43.2 Å². The summed E-state index contributed by atoms with van der Waals surface area (Å²) >= 11 is 0. The number of halogens is 3. The zero-order valence-electron chi connectivity index (χ0n) is 12.0. The molecule has 0 aromatic carbocycles. The Kier molecular flexibility index (Phi) is 4.40. The maximum atomic E-state index is 12.7. The van der Waals surface area contributed by atoms with Gasteiger partial charge in [-0.1, -0.05) is 13.8 Å². The maximum Gasteiger partial charge on any atom is 0.433 e. The van der Waals surface area contributed by atoms with Crippen LogP contribution in [-0.4, -0.2) is 11.0 Å². The minimum Gasteiger partial charge on any atom is -0.366 e. The summed E-state index contributed by atoms with van der Waals surface area (Å²) in [5.41, 5.74) is -0.824. The number of anilines is 1. The van der Waals surface area contributed by atoms with Crippen molar-refractivity contribution in [2.24, 2.45) is 11.8 Å². The van der Waals surface area contributed by atoms with Crippen molar-refractivity contribution in [3.8, 4) is 6.07 Å². The Balaban J connectivity index is 2.20. The molecule has 1 aliphatic rings. The number of hydrogen-bond donors (Lipinski definition) is 1. The zero-order valence-corrected chi connectivity index (χ0v) is 12.0. The van der Waals surface area contributed by atoms with Crippen LogP contribution in [0.5, 0.6) is 0 Å². The summed E-state index contributed by atoms with van der Waals surface area (Å²) in [5, 5.41) is 12.1. The van der Waals surface area contributed by atoms with Crippen molar-refractivity contribution in [2.45, 2.75) is 45.3 Å². The molecule has 1 aromatic heterocycles. The van der Waals surface area contributed by atoms with Crippen molar-refractivity contribution in [1.82, 2.24) is 4.98 Å². The molecule has 3 unspecified atom stereocenters. The highest BCUT2D eigenvalue weighted by Gasteiger charge is 2.33. The maximum absolute atomic E-state index is 12.7. The average Bonchev–Trinajstić information content (AvgIpc) is 2.42. The van der Waals surface area contributed by atoms with Gasteiger partial charge >= 0.3 is 6.18 Å². The second-order valence-corrected chi connectivity index (χ2v) is 5.81. The number of aromatic nitrogens is 1. The minimum absolute atomic E-state index is 0.0408. The number of hydrogen-bond acceptors (Lipinski definition) is 3. The number of pyridine rings is 1. The van der Waals surface area contributed by atoms with E-state index in [1.54, 1.807) is 0 Å². The van der Waals surface area contributed by atoms with Crippen LogP contribution < -0.4 is 5.32 Å². The van der Waals surface area contributed by atoms with E-state index in [4.69, 9.17) is 5.26 Å². The highest BCUT2D eigenvalue weighted by molar-refractivity contribution is 5.53. The van der Waals surface area contributed by atoms with Gasteiger partial charge in [-0.3, -0.25) is 0 Å². The first kappa shape index (κ1) is 15.6. The van der Waals surface area contributed by atoms with Crippen molar-refractivity contribution >= 4 is 5.82 Å². The largest absolute Gasteiger partial charge is 0.433 e. The third-order valence-electron chi connectivity index (χ3n) is 4.25. The lowest BCUT2D eigenvalue weighted by Gasteiger charge is -2.33. The minimum atomic E-state index is -4.50. The molecule has 1 heterocycles. The lowest BCUT2D eigenvalue weighted by Crippen LogP contribution is -2.31. The first-order chi connectivity index (χ1) is 9.81. The van der Waals surface area contributed by atoms with Crippen LogP contribution in [-0.2, 0) is 6.18 Å². The summed E-state index contributed by atoms with van der Waals surface area (Å²) in [5.74, 6) is 1.17. The molecule has 6 heteroatoms. The second kappa shape index (κ2) is 5.92. The fraction of sp³-hybridized carbons (Fsp3) is 0.600. The normalized spacial score (nSPS) is 26.2. The van der Waals surface area contributed by atoms with Crippen LogP contribution in [0.3, 0.4) is 0 Å². The van der Waals surface area contributed by atoms with Gasteiger partial charge < -0.3 is 5.32 Å². The molecular formula is C15H18F3N3. The zero-order chi connectivity index (χ0) is 15.6. The molecule has 1 N–H and O–H groups in total. The lowest BCUT2D eigenvalue weighted by atomic mass is 9.79. The van der Waals surface area contributed by atoms with Gasteiger partial charge in [0, 0.05) is 6.04 Å². The van der Waals surface area contributed by atoms with Crippen LogP contribution in [0.4, 0.5) is 19.0 Å². The molecule has 1 fully saturated rings. The highest BCUT2D eigenvalue weighted by atomic mass is 19.4. The van der Waals surface area contributed by atoms with Crippen molar-refractivity contribution in [2.75, 3.05) is 5.32 Å². The highest BCUT2D eigenvalue weighted by Crippen LogP contribution is 2.33. The van der Waals surface area contributed by atoms with Crippen LogP contribution in [0.1, 0.15) is 44.4 Å². The molecule has 1 aromatic rings. The van der Waals surface area contributed by atoms with Gasteiger partial charge in [-0.25, -0.2) is 4.98 Å². The Morgan fingerprint density at radius 1 is 1.24 bits per heavy atom. The Bertz CT molecular complexity index is 548. The lowest BCUT2D eigenvalue weighted by molar-refractivity contribution is -0.141. The van der Waals surface area contributed by atoms with Crippen molar-refractivity contribution < 1.29 is 13.2 Å². The third kappa shape index (κ3) is 3.66. The third-order valence-corrected chi connectivity index (χ3v) is 4.25. The average molecular weight is 297 g/mol. The van der Waals surface area contributed by atoms with E-state index in [-0.39, 0.29) is 17.4 Å². The Morgan fingerprint density at radius 3 is 2.52 bits per heavy atom. The van der Waals surface area contributed by atoms with Crippen LogP contribution in [0.2, 0.25) is 0 Å². The first-order valence-corrected chi connectivity index (χ1v) is 7.06. The number of nitrogens with one attached hydrogen (secondary N) is 1. The van der Waals surface area contributed by atoms with Gasteiger partial charge in [0.05, 0.1) is 5.56 Å².